The van der Waals surface area contributed by atoms with E-state index in [1.54, 1.807) is 0 Å². The number of nitrogens with one attached hydrogen (secondary N) is 1. The molecule has 0 radical (unpaired) electrons. The van der Waals surface area contributed by atoms with Crippen molar-refractivity contribution in [1.82, 2.24) is 0 Å². The van der Waals surface area contributed by atoms with Crippen molar-refractivity contribution in [2.45, 2.75) is 18.7 Å². The summed E-state index contributed by atoms with van der Waals surface area (Å²) in [6.07, 6.45) is -4.71. The van der Waals surface area contributed by atoms with Crippen LogP contribution in [0.3, 0.4) is 0 Å². The van der Waals surface area contributed by atoms with Gasteiger partial charge in [0.25, 0.3) is 5.91 Å². The Morgan fingerprint density at radius 2 is 2.00 bits per heavy atom. The fourth-order valence-corrected chi connectivity index (χ4v) is 2.06. The van der Waals surface area contributed by atoms with Crippen molar-refractivity contribution >= 4 is 38.5 Å². The molecule has 0 aliphatic heterocycles. The van der Waals surface area contributed by atoms with Crippen LogP contribution in [0.15, 0.2) is 33.5 Å². The Balaban J connectivity index is 2.48. The van der Waals surface area contributed by atoms with E-state index in [0.29, 0.717) is 6.07 Å². The zero-order valence-corrected chi connectivity index (χ0v) is 13.3. The van der Waals surface area contributed by atoms with Gasteiger partial charge in [-0.05, 0) is 19.1 Å². The molecule has 124 valence electrons. The molecule has 0 saturated heterocycles. The standard InChI is InChI=1S/C14H11BrF3NO4/c1-13(22,6-15)12(21)19-7-2-3-8-9(14(16,17)18)5-11(20)23-10(8)4-7/h2-5,22H,6H2,1H3,(H,19,21)/t13-/m1/s1. The van der Waals surface area contributed by atoms with Gasteiger partial charge in [0.2, 0.25) is 0 Å². The molecule has 23 heavy (non-hydrogen) atoms. The largest absolute Gasteiger partial charge is 0.423 e. The first-order valence-corrected chi connectivity index (χ1v) is 7.41. The van der Waals surface area contributed by atoms with Crippen molar-refractivity contribution in [2.24, 2.45) is 0 Å². The number of hydrogen-bond acceptors (Lipinski definition) is 4. The molecule has 5 nitrogen and oxygen atoms in total. The predicted molar refractivity (Wildman–Crippen MR) is 80.5 cm³/mol. The van der Waals surface area contributed by atoms with E-state index in [1.807, 2.05) is 0 Å². The number of aliphatic hydroxyl groups is 1. The summed E-state index contributed by atoms with van der Waals surface area (Å²) in [5.74, 6) is -0.761. The Labute approximate surface area is 136 Å². The van der Waals surface area contributed by atoms with Crippen molar-refractivity contribution in [1.29, 1.82) is 0 Å². The third kappa shape index (κ3) is 3.73. The van der Waals surface area contributed by atoms with Crippen molar-refractivity contribution in [2.75, 3.05) is 10.6 Å². The van der Waals surface area contributed by atoms with Gasteiger partial charge in [0.05, 0.1) is 5.56 Å². The smallest absolute Gasteiger partial charge is 0.417 e. The minimum Gasteiger partial charge on any atom is -0.423 e. The first-order chi connectivity index (χ1) is 10.5. The summed E-state index contributed by atoms with van der Waals surface area (Å²) in [7, 11) is 0. The average Bonchev–Trinajstić information content (AvgIpc) is 2.44. The maximum atomic E-state index is 12.9. The molecule has 0 saturated carbocycles. The Kier molecular flexibility index (Phi) is 4.54. The summed E-state index contributed by atoms with van der Waals surface area (Å²) < 4.78 is 43.5. The number of carbonyl (C=O) groups excluding carboxylic acids is 1. The van der Waals surface area contributed by atoms with Crippen LogP contribution < -0.4 is 10.9 Å². The van der Waals surface area contributed by atoms with E-state index in [0.717, 1.165) is 12.1 Å². The maximum Gasteiger partial charge on any atom is 0.417 e. The van der Waals surface area contributed by atoms with Crippen LogP contribution in [0.1, 0.15) is 12.5 Å². The van der Waals surface area contributed by atoms with E-state index in [2.05, 4.69) is 21.2 Å². The molecule has 0 unspecified atom stereocenters. The van der Waals surface area contributed by atoms with Crippen LogP contribution in [-0.4, -0.2) is 21.9 Å². The van der Waals surface area contributed by atoms with E-state index in [4.69, 9.17) is 4.42 Å². The second-order valence-corrected chi connectivity index (χ2v) is 5.61. The number of alkyl halides is 4. The number of anilines is 1. The predicted octanol–water partition coefficient (Wildman–Crippen LogP) is 2.90. The molecule has 0 aliphatic rings. The van der Waals surface area contributed by atoms with Crippen LogP contribution >= 0.6 is 15.9 Å². The lowest BCUT2D eigenvalue weighted by Gasteiger charge is -2.19. The van der Waals surface area contributed by atoms with Crippen LogP contribution in [0.4, 0.5) is 18.9 Å². The SMILES string of the molecule is C[C@@](O)(CBr)C(=O)Nc1ccc2c(C(F)(F)F)cc(=O)oc2c1. The highest BCUT2D eigenvalue weighted by atomic mass is 79.9. The molecule has 2 rings (SSSR count). The van der Waals surface area contributed by atoms with Gasteiger partial charge in [0.1, 0.15) is 11.2 Å². The quantitative estimate of drug-likeness (QED) is 0.620. The summed E-state index contributed by atoms with van der Waals surface area (Å²) in [5, 5.41) is 11.8. The number of hydrogen-bond donors (Lipinski definition) is 2. The number of benzene rings is 1. The van der Waals surface area contributed by atoms with Crippen LogP contribution in [0.2, 0.25) is 0 Å². The van der Waals surface area contributed by atoms with E-state index < -0.39 is 28.9 Å². The highest BCUT2D eigenvalue weighted by Gasteiger charge is 2.34. The third-order valence-electron chi connectivity index (χ3n) is 3.06. The lowest BCUT2D eigenvalue weighted by molar-refractivity contribution is -0.136. The Morgan fingerprint density at radius 1 is 1.35 bits per heavy atom. The Hall–Kier alpha value is -1.87. The van der Waals surface area contributed by atoms with Crippen molar-refractivity contribution < 1.29 is 27.5 Å². The molecule has 1 heterocycles. The molecule has 2 N–H and O–H groups in total. The van der Waals surface area contributed by atoms with Crippen LogP contribution in [0, 0.1) is 0 Å². The van der Waals surface area contributed by atoms with E-state index >= 15 is 0 Å². The second-order valence-electron chi connectivity index (χ2n) is 5.05. The van der Waals surface area contributed by atoms with Crippen molar-refractivity contribution in [3.8, 4) is 0 Å². The number of carbonyl (C=O) groups is 1. The van der Waals surface area contributed by atoms with Crippen molar-refractivity contribution in [3.05, 3.63) is 40.2 Å². The molecule has 1 atom stereocenters. The topological polar surface area (TPSA) is 79.5 Å². The molecule has 0 bridgehead atoms. The molecule has 0 spiro atoms. The van der Waals surface area contributed by atoms with Gasteiger partial charge in [0, 0.05) is 28.5 Å². The number of rotatable bonds is 3. The lowest BCUT2D eigenvalue weighted by Crippen LogP contribution is -2.41. The second kappa shape index (κ2) is 5.97. The zero-order valence-electron chi connectivity index (χ0n) is 11.7. The summed E-state index contributed by atoms with van der Waals surface area (Å²) in [5.41, 5.74) is -4.20. The van der Waals surface area contributed by atoms with Gasteiger partial charge < -0.3 is 14.8 Å². The average molecular weight is 394 g/mol. The first-order valence-electron chi connectivity index (χ1n) is 6.29. The minimum absolute atomic E-state index is 0.0350. The summed E-state index contributed by atoms with van der Waals surface area (Å²) in [6, 6.07) is 3.77. The summed E-state index contributed by atoms with van der Waals surface area (Å²) in [6.45, 7) is 1.26. The van der Waals surface area contributed by atoms with Gasteiger partial charge >= 0.3 is 11.8 Å². The molecule has 1 aromatic heterocycles. The molecule has 9 heteroatoms. The highest BCUT2D eigenvalue weighted by molar-refractivity contribution is 9.09. The number of fused-ring (bicyclic) bond motifs is 1. The van der Waals surface area contributed by atoms with Gasteiger partial charge in [-0.2, -0.15) is 13.2 Å². The van der Waals surface area contributed by atoms with Gasteiger partial charge in [-0.3, -0.25) is 4.79 Å². The molecule has 0 fully saturated rings. The lowest BCUT2D eigenvalue weighted by atomic mass is 10.1. The number of amides is 1. The summed E-state index contributed by atoms with van der Waals surface area (Å²) in [4.78, 5) is 23.1. The fourth-order valence-electron chi connectivity index (χ4n) is 1.80. The monoisotopic (exact) mass is 393 g/mol. The Morgan fingerprint density at radius 3 is 2.57 bits per heavy atom. The van der Waals surface area contributed by atoms with E-state index in [9.17, 15) is 27.9 Å². The molecule has 1 aromatic carbocycles. The van der Waals surface area contributed by atoms with Gasteiger partial charge in [-0.15, -0.1) is 0 Å². The Bertz CT molecular complexity index is 814. The molecule has 1 amide bonds. The molecular weight excluding hydrogens is 383 g/mol. The van der Waals surface area contributed by atoms with Crippen LogP contribution in [0.25, 0.3) is 11.0 Å². The van der Waals surface area contributed by atoms with Crippen molar-refractivity contribution in [3.63, 3.8) is 0 Å². The van der Waals surface area contributed by atoms with E-state index in [-0.39, 0.29) is 22.0 Å². The van der Waals surface area contributed by atoms with Gasteiger partial charge in [-0.25, -0.2) is 4.79 Å². The van der Waals surface area contributed by atoms with Gasteiger partial charge in [0.15, 0.2) is 0 Å². The third-order valence-corrected chi connectivity index (χ3v) is 4.15. The van der Waals surface area contributed by atoms with Gasteiger partial charge in [-0.1, -0.05) is 15.9 Å². The summed E-state index contributed by atoms with van der Waals surface area (Å²) >= 11 is 2.97. The molecular formula is C14H11BrF3NO4. The fraction of sp³-hybridized carbons (Fsp3) is 0.286. The first kappa shape index (κ1) is 17.5. The minimum atomic E-state index is -4.71. The molecule has 2 aromatic rings. The maximum absolute atomic E-state index is 12.9. The number of halogens is 4. The molecule has 0 aliphatic carbocycles. The van der Waals surface area contributed by atoms with Crippen LogP contribution in [0.5, 0.6) is 0 Å². The highest BCUT2D eigenvalue weighted by Crippen LogP contribution is 2.34. The normalized spacial score (nSPS) is 14.5. The zero-order chi connectivity index (χ0) is 17.4. The van der Waals surface area contributed by atoms with Crippen LogP contribution in [-0.2, 0) is 11.0 Å². The van der Waals surface area contributed by atoms with E-state index in [1.165, 1.54) is 13.0 Å².